The lowest BCUT2D eigenvalue weighted by Gasteiger charge is -2.36. The van der Waals surface area contributed by atoms with E-state index in [9.17, 15) is 4.39 Å². The van der Waals surface area contributed by atoms with Crippen LogP contribution in [0.15, 0.2) is 54.6 Å². The lowest BCUT2D eigenvalue weighted by Crippen LogP contribution is -2.28. The monoisotopic (exact) mass is 413 g/mol. The number of rotatable bonds is 4. The van der Waals surface area contributed by atoms with Crippen molar-refractivity contribution in [1.82, 2.24) is 4.98 Å². The van der Waals surface area contributed by atoms with Crippen molar-refractivity contribution in [3.63, 3.8) is 0 Å². The number of halogens is 1. The second-order valence-corrected chi connectivity index (χ2v) is 9.99. The summed E-state index contributed by atoms with van der Waals surface area (Å²) < 4.78 is 13.8. The van der Waals surface area contributed by atoms with E-state index in [0.717, 1.165) is 28.9 Å². The molecule has 0 amide bonds. The smallest absolute Gasteiger partial charge is 0.123 e. The summed E-state index contributed by atoms with van der Waals surface area (Å²) in [5, 5.41) is 0. The van der Waals surface area contributed by atoms with E-state index in [0.29, 0.717) is 5.92 Å². The Morgan fingerprint density at radius 3 is 2.26 bits per heavy atom. The Balaban J connectivity index is 2.18. The lowest BCUT2D eigenvalue weighted by atomic mass is 9.70. The molecule has 0 bridgehead atoms. The van der Waals surface area contributed by atoms with Crippen molar-refractivity contribution in [1.29, 1.82) is 0 Å². The Bertz CT molecular complexity index is 1130. The first-order valence-electron chi connectivity index (χ1n) is 11.3. The summed E-state index contributed by atoms with van der Waals surface area (Å²) in [6.07, 6.45) is 5.43. The predicted molar refractivity (Wildman–Crippen MR) is 130 cm³/mol. The molecular weight excluding hydrogens is 381 g/mol. The van der Waals surface area contributed by atoms with Gasteiger partial charge in [-0.2, -0.15) is 0 Å². The van der Waals surface area contributed by atoms with Gasteiger partial charge in [0.2, 0.25) is 0 Å². The zero-order valence-corrected chi connectivity index (χ0v) is 19.5. The zero-order valence-electron chi connectivity index (χ0n) is 19.5. The zero-order chi connectivity index (χ0) is 22.3. The maximum absolute atomic E-state index is 13.8. The summed E-state index contributed by atoms with van der Waals surface area (Å²) in [6.45, 7) is 13.4. The maximum atomic E-state index is 13.8. The number of allylic oxidation sites excluding steroid dienone is 1. The molecule has 1 aromatic heterocycles. The fourth-order valence-corrected chi connectivity index (χ4v) is 4.66. The highest BCUT2D eigenvalue weighted by Crippen LogP contribution is 2.49. The lowest BCUT2D eigenvalue weighted by molar-refractivity contribution is 0.497. The molecule has 160 valence electrons. The van der Waals surface area contributed by atoms with Crippen LogP contribution in [-0.2, 0) is 11.8 Å². The van der Waals surface area contributed by atoms with Gasteiger partial charge in [0.15, 0.2) is 0 Å². The minimum Gasteiger partial charge on any atom is -0.256 e. The molecule has 0 atom stereocenters. The van der Waals surface area contributed by atoms with E-state index in [-0.39, 0.29) is 17.2 Å². The third-order valence-corrected chi connectivity index (χ3v) is 6.15. The Morgan fingerprint density at radius 2 is 1.61 bits per heavy atom. The number of nitrogens with zero attached hydrogens (tertiary/aromatic N) is 1. The van der Waals surface area contributed by atoms with E-state index in [1.54, 1.807) is 12.1 Å². The Kier molecular flexibility index (Phi) is 5.60. The molecule has 0 radical (unpaired) electrons. The van der Waals surface area contributed by atoms with Crippen molar-refractivity contribution in [2.45, 2.75) is 59.3 Å². The number of pyridine rings is 1. The van der Waals surface area contributed by atoms with Crippen molar-refractivity contribution < 1.29 is 4.39 Å². The van der Waals surface area contributed by atoms with Gasteiger partial charge in [-0.1, -0.05) is 90.1 Å². The number of aromatic nitrogens is 1. The van der Waals surface area contributed by atoms with Crippen LogP contribution in [-0.4, -0.2) is 4.98 Å². The minimum absolute atomic E-state index is 0.0810. The van der Waals surface area contributed by atoms with Crippen LogP contribution >= 0.6 is 0 Å². The van der Waals surface area contributed by atoms with Gasteiger partial charge in [0.25, 0.3) is 0 Å². The molecule has 0 saturated heterocycles. The van der Waals surface area contributed by atoms with Crippen molar-refractivity contribution in [2.24, 2.45) is 5.92 Å². The van der Waals surface area contributed by atoms with Crippen molar-refractivity contribution in [2.75, 3.05) is 0 Å². The van der Waals surface area contributed by atoms with Gasteiger partial charge in [0.1, 0.15) is 5.82 Å². The van der Waals surface area contributed by atoms with Gasteiger partial charge in [0, 0.05) is 22.1 Å². The highest BCUT2D eigenvalue weighted by Gasteiger charge is 2.36. The molecule has 3 aromatic rings. The summed E-state index contributed by atoms with van der Waals surface area (Å²) in [7, 11) is 0. The molecule has 0 unspecified atom stereocenters. The molecule has 1 aliphatic rings. The van der Waals surface area contributed by atoms with Gasteiger partial charge in [-0.05, 0) is 47.1 Å². The molecule has 1 nitrogen and oxygen atoms in total. The topological polar surface area (TPSA) is 12.9 Å². The highest BCUT2D eigenvalue weighted by atomic mass is 19.1. The molecule has 0 aliphatic heterocycles. The fourth-order valence-electron chi connectivity index (χ4n) is 4.66. The molecule has 0 fully saturated rings. The van der Waals surface area contributed by atoms with Gasteiger partial charge in [0.05, 0.1) is 11.4 Å². The second-order valence-electron chi connectivity index (χ2n) is 9.99. The fraction of sp³-hybridized carbons (Fsp3) is 0.345. The number of benzene rings is 2. The molecule has 0 N–H and O–H groups in total. The molecule has 1 heterocycles. The third kappa shape index (κ3) is 3.96. The molecule has 0 saturated carbocycles. The Morgan fingerprint density at radius 1 is 0.935 bits per heavy atom. The van der Waals surface area contributed by atoms with E-state index < -0.39 is 0 Å². The van der Waals surface area contributed by atoms with Gasteiger partial charge in [-0.25, -0.2) is 4.39 Å². The first-order valence-corrected chi connectivity index (χ1v) is 11.3. The molecule has 1 aliphatic carbocycles. The van der Waals surface area contributed by atoms with E-state index >= 15 is 0 Å². The van der Waals surface area contributed by atoms with E-state index in [4.69, 9.17) is 4.98 Å². The van der Waals surface area contributed by atoms with Gasteiger partial charge in [-0.3, -0.25) is 4.98 Å². The number of hydrogen-bond acceptors (Lipinski definition) is 1. The Labute approximate surface area is 186 Å². The van der Waals surface area contributed by atoms with Crippen LogP contribution in [0.3, 0.4) is 0 Å². The van der Waals surface area contributed by atoms with Crippen molar-refractivity contribution in [3.8, 4) is 22.3 Å². The van der Waals surface area contributed by atoms with E-state index in [1.165, 1.54) is 22.3 Å². The molecule has 31 heavy (non-hydrogen) atoms. The maximum Gasteiger partial charge on any atom is 0.123 e. The third-order valence-electron chi connectivity index (χ3n) is 6.15. The SMILES string of the molecule is CC(C)/C=C/c1c(C(C)C)nc2c(c1-c1ccc(F)cc1)-c1ccccc1CC2(C)C. The van der Waals surface area contributed by atoms with Crippen LogP contribution in [0.1, 0.15) is 70.0 Å². The molecular formula is C29H32FN. The standard InChI is InChI=1S/C29H32FN/c1-18(2)11-16-24-25(20-12-14-22(30)15-13-20)26-23-10-8-7-9-21(23)17-29(5,6)28(26)31-27(24)19(3)4/h7-16,18-19H,17H2,1-6H3/b16-11+. The summed E-state index contributed by atoms with van der Waals surface area (Å²) in [6, 6.07) is 15.6. The quantitative estimate of drug-likeness (QED) is 0.420. The summed E-state index contributed by atoms with van der Waals surface area (Å²) in [4.78, 5) is 5.32. The van der Waals surface area contributed by atoms with Gasteiger partial charge < -0.3 is 0 Å². The van der Waals surface area contributed by atoms with Crippen LogP contribution < -0.4 is 0 Å². The van der Waals surface area contributed by atoms with Crippen LogP contribution in [0.5, 0.6) is 0 Å². The largest absolute Gasteiger partial charge is 0.256 e. The average molecular weight is 414 g/mol. The van der Waals surface area contributed by atoms with E-state index in [1.807, 2.05) is 12.1 Å². The van der Waals surface area contributed by atoms with Crippen LogP contribution in [0.4, 0.5) is 4.39 Å². The average Bonchev–Trinajstić information content (AvgIpc) is 2.71. The van der Waals surface area contributed by atoms with Gasteiger partial charge in [-0.15, -0.1) is 0 Å². The number of hydrogen-bond donors (Lipinski definition) is 0. The first kappa shape index (κ1) is 21.5. The highest BCUT2D eigenvalue weighted by molar-refractivity contribution is 5.93. The molecule has 2 heteroatoms. The van der Waals surface area contributed by atoms with Crippen LogP contribution in [0.25, 0.3) is 28.3 Å². The number of fused-ring (bicyclic) bond motifs is 3. The molecule has 2 aromatic carbocycles. The van der Waals surface area contributed by atoms with E-state index in [2.05, 4.69) is 78.0 Å². The van der Waals surface area contributed by atoms with Crippen molar-refractivity contribution >= 4 is 6.08 Å². The summed E-state index contributed by atoms with van der Waals surface area (Å²) in [5.41, 5.74) is 9.34. The predicted octanol–water partition coefficient (Wildman–Crippen LogP) is 8.18. The summed E-state index contributed by atoms with van der Waals surface area (Å²) in [5.74, 6) is 0.501. The molecule has 0 spiro atoms. The minimum atomic E-state index is -0.212. The van der Waals surface area contributed by atoms with Crippen LogP contribution in [0.2, 0.25) is 0 Å². The van der Waals surface area contributed by atoms with Crippen molar-refractivity contribution in [3.05, 3.63) is 82.9 Å². The second kappa shape index (κ2) is 8.07. The Hall–Kier alpha value is -2.74. The van der Waals surface area contributed by atoms with Gasteiger partial charge >= 0.3 is 0 Å². The first-order chi connectivity index (χ1) is 14.7. The summed E-state index contributed by atoms with van der Waals surface area (Å²) >= 11 is 0. The molecule has 4 rings (SSSR count). The van der Waals surface area contributed by atoms with Crippen LogP contribution in [0, 0.1) is 11.7 Å². The normalized spacial score (nSPS) is 14.9.